The first-order valence-electron chi connectivity index (χ1n) is 7.94. The lowest BCUT2D eigenvalue weighted by molar-refractivity contribution is 0.0872. The molecule has 1 aliphatic carbocycles. The molecule has 1 aliphatic rings. The number of halogens is 1. The second-order valence-corrected chi connectivity index (χ2v) is 7.09. The van der Waals surface area contributed by atoms with Gasteiger partial charge in [-0.2, -0.15) is 0 Å². The van der Waals surface area contributed by atoms with Crippen LogP contribution in [0.4, 0.5) is 0 Å². The molecule has 0 bridgehead atoms. The van der Waals surface area contributed by atoms with Gasteiger partial charge in [0.1, 0.15) is 0 Å². The molecule has 116 valence electrons. The van der Waals surface area contributed by atoms with Gasteiger partial charge in [0.25, 0.3) is 5.91 Å². The first kappa shape index (κ1) is 16.4. The predicted molar refractivity (Wildman–Crippen MR) is 89.1 cm³/mol. The number of carbonyl (C=O) groups excluding carboxylic acids is 1. The summed E-state index contributed by atoms with van der Waals surface area (Å²) in [7, 11) is 0. The summed E-state index contributed by atoms with van der Waals surface area (Å²) in [4.78, 5) is 12.5. The van der Waals surface area contributed by atoms with Crippen molar-refractivity contribution in [3.05, 3.63) is 35.4 Å². The Kier molecular flexibility index (Phi) is 5.32. The van der Waals surface area contributed by atoms with Gasteiger partial charge in [-0.3, -0.25) is 4.79 Å². The lowest BCUT2D eigenvalue weighted by Crippen LogP contribution is -2.52. The summed E-state index contributed by atoms with van der Waals surface area (Å²) in [5.74, 6) is 1.72. The van der Waals surface area contributed by atoms with Gasteiger partial charge in [-0.05, 0) is 55.2 Å². The summed E-state index contributed by atoms with van der Waals surface area (Å²) in [6.07, 6.45) is 4.24. The van der Waals surface area contributed by atoms with E-state index < -0.39 is 0 Å². The molecule has 1 N–H and O–H groups in total. The number of amides is 1. The van der Waals surface area contributed by atoms with Crippen molar-refractivity contribution in [2.24, 2.45) is 5.92 Å². The summed E-state index contributed by atoms with van der Waals surface area (Å²) in [6.45, 7) is 6.58. The molecular weight excluding hydrogens is 282 g/mol. The van der Waals surface area contributed by atoms with E-state index >= 15 is 0 Å². The summed E-state index contributed by atoms with van der Waals surface area (Å²) < 4.78 is 0. The molecule has 1 fully saturated rings. The van der Waals surface area contributed by atoms with E-state index in [9.17, 15) is 4.79 Å². The zero-order valence-electron chi connectivity index (χ0n) is 13.3. The van der Waals surface area contributed by atoms with E-state index in [1.165, 1.54) is 5.56 Å². The zero-order chi connectivity index (χ0) is 15.5. The number of nitrogens with one attached hydrogen (secondary N) is 1. The van der Waals surface area contributed by atoms with E-state index in [2.05, 4.69) is 26.1 Å². The first-order chi connectivity index (χ1) is 9.96. The Balaban J connectivity index is 2.05. The van der Waals surface area contributed by atoms with Crippen LogP contribution in [0, 0.1) is 5.92 Å². The Labute approximate surface area is 133 Å². The zero-order valence-corrected chi connectivity index (χ0v) is 14.0. The van der Waals surface area contributed by atoms with Crippen LogP contribution in [0.25, 0.3) is 0 Å². The average molecular weight is 308 g/mol. The Hall–Kier alpha value is -1.02. The van der Waals surface area contributed by atoms with Crippen molar-refractivity contribution in [2.75, 3.05) is 5.88 Å². The second kappa shape index (κ2) is 6.83. The fourth-order valence-corrected chi connectivity index (χ4v) is 3.27. The molecule has 0 heterocycles. The minimum Gasteiger partial charge on any atom is -0.345 e. The number of rotatable bonds is 4. The SMILES string of the molecule is CC1CCC(CCl)(NC(=O)c2ccc(C(C)C)cc2)CC1. The van der Waals surface area contributed by atoms with Crippen LogP contribution in [0.2, 0.25) is 0 Å². The number of carbonyl (C=O) groups is 1. The third kappa shape index (κ3) is 4.00. The molecule has 0 aliphatic heterocycles. The molecule has 3 heteroatoms. The first-order valence-corrected chi connectivity index (χ1v) is 8.48. The molecule has 0 aromatic heterocycles. The average Bonchev–Trinajstić information content (AvgIpc) is 2.50. The van der Waals surface area contributed by atoms with Crippen molar-refractivity contribution in [3.8, 4) is 0 Å². The molecule has 1 amide bonds. The van der Waals surface area contributed by atoms with Gasteiger partial charge in [-0.15, -0.1) is 11.6 Å². The molecule has 1 aromatic carbocycles. The van der Waals surface area contributed by atoms with Gasteiger partial charge >= 0.3 is 0 Å². The summed E-state index contributed by atoms with van der Waals surface area (Å²) in [5, 5.41) is 3.20. The molecule has 2 rings (SSSR count). The van der Waals surface area contributed by atoms with Crippen molar-refractivity contribution in [2.45, 2.75) is 57.9 Å². The molecular formula is C18H26ClNO. The highest BCUT2D eigenvalue weighted by Gasteiger charge is 2.35. The smallest absolute Gasteiger partial charge is 0.251 e. The van der Waals surface area contributed by atoms with Crippen LogP contribution in [0.1, 0.15) is 68.3 Å². The molecule has 0 radical (unpaired) electrons. The maximum Gasteiger partial charge on any atom is 0.251 e. The molecule has 1 aromatic rings. The van der Waals surface area contributed by atoms with Crippen LogP contribution in [-0.2, 0) is 0 Å². The van der Waals surface area contributed by atoms with Crippen molar-refractivity contribution < 1.29 is 4.79 Å². The number of alkyl halides is 1. The molecule has 0 spiro atoms. The Morgan fingerprint density at radius 3 is 2.33 bits per heavy atom. The van der Waals surface area contributed by atoms with Crippen molar-refractivity contribution >= 4 is 17.5 Å². The molecule has 0 saturated heterocycles. The lowest BCUT2D eigenvalue weighted by atomic mass is 9.78. The van der Waals surface area contributed by atoms with E-state index in [1.807, 2.05) is 24.3 Å². The predicted octanol–water partition coefficient (Wildman–Crippen LogP) is 4.73. The lowest BCUT2D eigenvalue weighted by Gasteiger charge is -2.38. The summed E-state index contributed by atoms with van der Waals surface area (Å²) >= 11 is 6.17. The van der Waals surface area contributed by atoms with Crippen molar-refractivity contribution in [1.29, 1.82) is 0 Å². The maximum absolute atomic E-state index is 12.5. The van der Waals surface area contributed by atoms with Crippen LogP contribution in [0.15, 0.2) is 24.3 Å². The third-order valence-corrected chi connectivity index (χ3v) is 5.22. The van der Waals surface area contributed by atoms with Crippen LogP contribution in [-0.4, -0.2) is 17.3 Å². The van der Waals surface area contributed by atoms with Gasteiger partial charge < -0.3 is 5.32 Å². The molecule has 1 saturated carbocycles. The Morgan fingerprint density at radius 1 is 1.29 bits per heavy atom. The summed E-state index contributed by atoms with van der Waals surface area (Å²) in [5.41, 5.74) is 1.76. The molecule has 2 nitrogen and oxygen atoms in total. The van der Waals surface area contributed by atoms with E-state index in [0.29, 0.717) is 11.8 Å². The maximum atomic E-state index is 12.5. The van der Waals surface area contributed by atoms with Gasteiger partial charge in [0.15, 0.2) is 0 Å². The highest BCUT2D eigenvalue weighted by Crippen LogP contribution is 2.33. The minimum absolute atomic E-state index is 0.000471. The van der Waals surface area contributed by atoms with Gasteiger partial charge in [0.2, 0.25) is 0 Å². The normalized spacial score (nSPS) is 25.9. The fourth-order valence-electron chi connectivity index (χ4n) is 2.94. The van der Waals surface area contributed by atoms with Crippen LogP contribution < -0.4 is 5.32 Å². The minimum atomic E-state index is -0.220. The monoisotopic (exact) mass is 307 g/mol. The van der Waals surface area contributed by atoms with Crippen LogP contribution in [0.3, 0.4) is 0 Å². The largest absolute Gasteiger partial charge is 0.345 e. The van der Waals surface area contributed by atoms with Crippen LogP contribution in [0.5, 0.6) is 0 Å². The fraction of sp³-hybridized carbons (Fsp3) is 0.611. The van der Waals surface area contributed by atoms with Gasteiger partial charge in [-0.25, -0.2) is 0 Å². The second-order valence-electron chi connectivity index (χ2n) is 6.83. The standard InChI is InChI=1S/C18H26ClNO/c1-13(2)15-4-6-16(7-5-15)17(21)20-18(12-19)10-8-14(3)9-11-18/h4-7,13-14H,8-12H2,1-3H3,(H,20,21). The van der Waals surface area contributed by atoms with Gasteiger partial charge in [-0.1, -0.05) is 32.9 Å². The van der Waals surface area contributed by atoms with Crippen LogP contribution >= 0.6 is 11.6 Å². The molecule has 0 atom stereocenters. The number of hydrogen-bond donors (Lipinski definition) is 1. The molecule has 0 unspecified atom stereocenters. The topological polar surface area (TPSA) is 29.1 Å². The quantitative estimate of drug-likeness (QED) is 0.801. The summed E-state index contributed by atoms with van der Waals surface area (Å²) in [6, 6.07) is 7.90. The van der Waals surface area contributed by atoms with Crippen molar-refractivity contribution in [1.82, 2.24) is 5.32 Å². The van der Waals surface area contributed by atoms with E-state index in [-0.39, 0.29) is 11.4 Å². The molecule has 21 heavy (non-hydrogen) atoms. The van der Waals surface area contributed by atoms with Gasteiger partial charge in [0.05, 0.1) is 5.54 Å². The Bertz CT molecular complexity index is 472. The van der Waals surface area contributed by atoms with Gasteiger partial charge in [0, 0.05) is 11.4 Å². The highest BCUT2D eigenvalue weighted by molar-refractivity contribution is 6.19. The number of hydrogen-bond acceptors (Lipinski definition) is 1. The van der Waals surface area contributed by atoms with E-state index in [4.69, 9.17) is 11.6 Å². The number of benzene rings is 1. The Morgan fingerprint density at radius 2 is 1.86 bits per heavy atom. The van der Waals surface area contributed by atoms with E-state index in [1.54, 1.807) is 0 Å². The van der Waals surface area contributed by atoms with Crippen molar-refractivity contribution in [3.63, 3.8) is 0 Å². The third-order valence-electron chi connectivity index (χ3n) is 4.71. The highest BCUT2D eigenvalue weighted by atomic mass is 35.5. The van der Waals surface area contributed by atoms with E-state index in [0.717, 1.165) is 37.2 Å².